The quantitative estimate of drug-likeness (QED) is 0.349. The number of amidine groups is 1. The summed E-state index contributed by atoms with van der Waals surface area (Å²) in [5.41, 5.74) is 2.90. The third-order valence-corrected chi connectivity index (χ3v) is 11.0. The van der Waals surface area contributed by atoms with Gasteiger partial charge in [-0.2, -0.15) is 14.4 Å². The lowest BCUT2D eigenvalue weighted by atomic mass is 10.00. The number of nitrogens with zero attached hydrogens (tertiary/aromatic N) is 5. The summed E-state index contributed by atoms with van der Waals surface area (Å²) in [4.78, 5) is 20.4. The molecule has 4 heterocycles. The van der Waals surface area contributed by atoms with E-state index < -0.39 is 10.0 Å². The topological polar surface area (TPSA) is 87.9 Å². The molecule has 0 bridgehead atoms. The van der Waals surface area contributed by atoms with Crippen LogP contribution in [0, 0.1) is 5.92 Å². The Hall–Kier alpha value is -3.21. The van der Waals surface area contributed by atoms with Gasteiger partial charge in [0.15, 0.2) is 5.17 Å². The molecule has 6 rings (SSSR count). The van der Waals surface area contributed by atoms with Gasteiger partial charge >= 0.3 is 0 Å². The number of carbonyl (C=O) groups is 1. The second-order valence-corrected chi connectivity index (χ2v) is 14.0. The van der Waals surface area contributed by atoms with Crippen LogP contribution < -0.4 is 0 Å². The van der Waals surface area contributed by atoms with Gasteiger partial charge in [0.05, 0.1) is 15.5 Å². The molecule has 10 heteroatoms. The summed E-state index contributed by atoms with van der Waals surface area (Å²) in [6.07, 6.45) is 9.79. The highest BCUT2D eigenvalue weighted by atomic mass is 32.2. The molecule has 2 saturated heterocycles. The van der Waals surface area contributed by atoms with Crippen molar-refractivity contribution in [3.8, 4) is 16.9 Å². The van der Waals surface area contributed by atoms with E-state index in [1.807, 2.05) is 48.7 Å². The number of thioether (sulfide) groups is 1. The highest BCUT2D eigenvalue weighted by Crippen LogP contribution is 2.35. The molecule has 2 fully saturated rings. The van der Waals surface area contributed by atoms with Crippen LogP contribution in [0.1, 0.15) is 51.0 Å². The number of hydrogen-bond donors (Lipinski definition) is 0. The molecule has 0 unspecified atom stereocenters. The van der Waals surface area contributed by atoms with Crippen molar-refractivity contribution in [3.05, 3.63) is 71.3 Å². The summed E-state index contributed by atoms with van der Waals surface area (Å²) >= 11 is 1.41. The molecule has 0 saturated carbocycles. The summed E-state index contributed by atoms with van der Waals surface area (Å²) < 4.78 is 30.6. The number of piperidine rings is 1. The van der Waals surface area contributed by atoms with Gasteiger partial charge in [-0.15, -0.1) is 0 Å². The fourth-order valence-corrected chi connectivity index (χ4v) is 8.06. The predicted octanol–water partition coefficient (Wildman–Crippen LogP) is 5.81. The SMILES string of the molecule is CC1CCN(C2=NC(=O)/C(=C/c3cn(-c4ccccc4)nc3-c3cccc(S(=O)(=O)N4CCCCCC4)c3)S2)CC1. The van der Waals surface area contributed by atoms with E-state index in [0.717, 1.165) is 68.0 Å². The lowest BCUT2D eigenvalue weighted by molar-refractivity contribution is -0.113. The largest absolute Gasteiger partial charge is 0.351 e. The van der Waals surface area contributed by atoms with Crippen LogP contribution in [0.5, 0.6) is 0 Å². The number of rotatable bonds is 5. The predicted molar refractivity (Wildman–Crippen MR) is 164 cm³/mol. The number of aliphatic imine (C=N–C) groups is 1. The third kappa shape index (κ3) is 6.05. The molecular formula is C31H35N5O3S2. The van der Waals surface area contributed by atoms with Crippen LogP contribution in [-0.2, 0) is 14.8 Å². The van der Waals surface area contributed by atoms with Gasteiger partial charge in [-0.1, -0.05) is 50.1 Å². The molecule has 0 aliphatic carbocycles. The minimum atomic E-state index is -3.63. The van der Waals surface area contributed by atoms with Gasteiger partial charge in [0.25, 0.3) is 5.91 Å². The van der Waals surface area contributed by atoms with Crippen LogP contribution >= 0.6 is 11.8 Å². The van der Waals surface area contributed by atoms with Crippen LogP contribution in [-0.4, -0.2) is 64.7 Å². The lowest BCUT2D eigenvalue weighted by Crippen LogP contribution is -2.35. The van der Waals surface area contributed by atoms with Crippen LogP contribution in [0.4, 0.5) is 0 Å². The molecular weight excluding hydrogens is 555 g/mol. The first-order valence-corrected chi connectivity index (χ1v) is 16.7. The molecule has 0 N–H and O–H groups in total. The Morgan fingerprint density at radius 3 is 2.39 bits per heavy atom. The third-order valence-electron chi connectivity index (χ3n) is 8.02. The Balaban J connectivity index is 1.35. The first-order chi connectivity index (χ1) is 19.9. The second kappa shape index (κ2) is 12.0. The molecule has 0 atom stereocenters. The van der Waals surface area contributed by atoms with E-state index in [1.165, 1.54) is 11.8 Å². The van der Waals surface area contributed by atoms with E-state index in [1.54, 1.807) is 27.2 Å². The van der Waals surface area contributed by atoms with Crippen molar-refractivity contribution in [1.82, 2.24) is 19.0 Å². The first-order valence-electron chi connectivity index (χ1n) is 14.4. The number of aromatic nitrogens is 2. The molecule has 8 nitrogen and oxygen atoms in total. The van der Waals surface area contributed by atoms with Crippen LogP contribution in [0.3, 0.4) is 0 Å². The zero-order chi connectivity index (χ0) is 28.4. The number of carbonyl (C=O) groups excluding carboxylic acids is 1. The van der Waals surface area contributed by atoms with Crippen molar-refractivity contribution in [2.45, 2.75) is 50.3 Å². The van der Waals surface area contributed by atoms with Crippen molar-refractivity contribution in [1.29, 1.82) is 0 Å². The Bertz CT molecular complexity index is 1580. The van der Waals surface area contributed by atoms with E-state index in [0.29, 0.717) is 35.2 Å². The maximum Gasteiger partial charge on any atom is 0.286 e. The van der Waals surface area contributed by atoms with Gasteiger partial charge in [0.1, 0.15) is 5.69 Å². The Morgan fingerprint density at radius 2 is 1.66 bits per heavy atom. The minimum Gasteiger partial charge on any atom is -0.351 e. The fourth-order valence-electron chi connectivity index (χ4n) is 5.54. The zero-order valence-corrected chi connectivity index (χ0v) is 24.9. The molecule has 3 aliphatic rings. The summed E-state index contributed by atoms with van der Waals surface area (Å²) in [5, 5.41) is 5.64. The van der Waals surface area contributed by atoms with E-state index >= 15 is 0 Å². The molecule has 1 aromatic heterocycles. The van der Waals surface area contributed by atoms with Crippen LogP contribution in [0.15, 0.2) is 75.6 Å². The van der Waals surface area contributed by atoms with Crippen LogP contribution in [0.2, 0.25) is 0 Å². The number of benzene rings is 2. The van der Waals surface area contributed by atoms with Crippen molar-refractivity contribution < 1.29 is 13.2 Å². The molecule has 1 amide bonds. The summed E-state index contributed by atoms with van der Waals surface area (Å²) in [7, 11) is -3.63. The first kappa shape index (κ1) is 27.9. The number of sulfonamides is 1. The van der Waals surface area contributed by atoms with Gasteiger partial charge < -0.3 is 4.90 Å². The standard InChI is InChI=1S/C31H35N5O3S2/c1-23-14-18-34(19-15-23)31-32-30(37)28(40-31)21-25-22-36(26-11-5-4-6-12-26)33-29(25)24-10-9-13-27(20-24)41(38,39)35-16-7-2-3-8-17-35/h4-6,9-13,20-23H,2-3,7-8,14-19H2,1H3/b28-21-. The summed E-state index contributed by atoms with van der Waals surface area (Å²) in [6, 6.07) is 16.8. The summed E-state index contributed by atoms with van der Waals surface area (Å²) in [6.45, 7) is 5.16. The molecule has 41 heavy (non-hydrogen) atoms. The monoisotopic (exact) mass is 589 g/mol. The Kier molecular flexibility index (Phi) is 8.14. The van der Waals surface area contributed by atoms with Gasteiger partial charge in [-0.05, 0) is 73.7 Å². The molecule has 0 spiro atoms. The van der Waals surface area contributed by atoms with Crippen molar-refractivity contribution in [3.63, 3.8) is 0 Å². The zero-order valence-electron chi connectivity index (χ0n) is 23.3. The van der Waals surface area contributed by atoms with Crippen LogP contribution in [0.25, 0.3) is 23.0 Å². The summed E-state index contributed by atoms with van der Waals surface area (Å²) in [5.74, 6) is 0.439. The van der Waals surface area contributed by atoms with E-state index in [2.05, 4.69) is 16.8 Å². The Morgan fingerprint density at radius 1 is 0.927 bits per heavy atom. The number of para-hydroxylation sites is 1. The van der Waals surface area contributed by atoms with E-state index in [4.69, 9.17) is 5.10 Å². The van der Waals surface area contributed by atoms with E-state index in [-0.39, 0.29) is 10.8 Å². The van der Waals surface area contributed by atoms with Gasteiger partial charge in [-0.25, -0.2) is 13.1 Å². The second-order valence-electron chi connectivity index (χ2n) is 11.0. The van der Waals surface area contributed by atoms with Gasteiger partial charge in [-0.3, -0.25) is 4.79 Å². The number of likely N-dealkylation sites (tertiary alicyclic amines) is 1. The normalized spacial score (nSPS) is 20.4. The number of hydrogen-bond acceptors (Lipinski definition) is 6. The smallest absolute Gasteiger partial charge is 0.286 e. The van der Waals surface area contributed by atoms with Crippen molar-refractivity contribution in [2.75, 3.05) is 26.2 Å². The minimum absolute atomic E-state index is 0.250. The van der Waals surface area contributed by atoms with Gasteiger partial charge in [0, 0.05) is 43.5 Å². The van der Waals surface area contributed by atoms with Crippen molar-refractivity contribution >= 4 is 38.9 Å². The molecule has 3 aromatic rings. The number of amides is 1. The van der Waals surface area contributed by atoms with Crippen molar-refractivity contribution in [2.24, 2.45) is 10.9 Å². The average molecular weight is 590 g/mol. The molecule has 3 aliphatic heterocycles. The molecule has 0 radical (unpaired) electrons. The fraction of sp³-hybridized carbons (Fsp3) is 0.387. The van der Waals surface area contributed by atoms with E-state index in [9.17, 15) is 13.2 Å². The molecule has 214 valence electrons. The van der Waals surface area contributed by atoms with Gasteiger partial charge in [0.2, 0.25) is 10.0 Å². The maximum atomic E-state index is 13.6. The highest BCUT2D eigenvalue weighted by Gasteiger charge is 2.29. The highest BCUT2D eigenvalue weighted by molar-refractivity contribution is 8.18. The maximum absolute atomic E-state index is 13.6. The Labute approximate surface area is 246 Å². The lowest BCUT2D eigenvalue weighted by Gasteiger charge is -2.30. The average Bonchev–Trinajstić information content (AvgIpc) is 3.45. The molecule has 2 aromatic carbocycles.